The van der Waals surface area contributed by atoms with Gasteiger partial charge in [-0.05, 0) is 17.2 Å². The predicted octanol–water partition coefficient (Wildman–Crippen LogP) is 3.13. The molecule has 0 spiro atoms. The van der Waals surface area contributed by atoms with Crippen molar-refractivity contribution < 1.29 is 0 Å². The van der Waals surface area contributed by atoms with Crippen LogP contribution in [0.15, 0.2) is 30.3 Å². The molecule has 1 nitrogen and oxygen atoms in total. The molecule has 0 bridgehead atoms. The summed E-state index contributed by atoms with van der Waals surface area (Å²) in [4.78, 5) is 0. The van der Waals surface area contributed by atoms with Crippen molar-refractivity contribution in [1.29, 1.82) is 0 Å². The van der Waals surface area contributed by atoms with Gasteiger partial charge in [-0.3, -0.25) is 0 Å². The molecule has 0 saturated carbocycles. The van der Waals surface area contributed by atoms with E-state index in [9.17, 15) is 0 Å². The van der Waals surface area contributed by atoms with Crippen LogP contribution < -0.4 is 5.32 Å². The molecule has 1 unspecified atom stereocenters. The van der Waals surface area contributed by atoms with Crippen LogP contribution in [0.25, 0.3) is 0 Å². The summed E-state index contributed by atoms with van der Waals surface area (Å²) in [5.74, 6) is 3.05. The van der Waals surface area contributed by atoms with Crippen molar-refractivity contribution in [3.63, 3.8) is 0 Å². The van der Waals surface area contributed by atoms with Gasteiger partial charge in [0, 0.05) is 18.8 Å². The largest absolute Gasteiger partial charge is 0.315 e. The van der Waals surface area contributed by atoms with Gasteiger partial charge >= 0.3 is 0 Å². The second-order valence-electron chi connectivity index (χ2n) is 3.71. The van der Waals surface area contributed by atoms with Crippen LogP contribution in [0.1, 0.15) is 25.3 Å². The monoisotopic (exact) mass is 223 g/mol. The van der Waals surface area contributed by atoms with Crippen LogP contribution in [0.5, 0.6) is 0 Å². The lowest BCUT2D eigenvalue weighted by molar-refractivity contribution is 0.638. The number of hydrogen-bond acceptors (Lipinski definition) is 2. The first-order chi connectivity index (χ1) is 7.34. The molecule has 15 heavy (non-hydrogen) atoms. The summed E-state index contributed by atoms with van der Waals surface area (Å²) in [5, 5.41) is 3.50. The minimum absolute atomic E-state index is 0.609. The average Bonchev–Trinajstić information content (AvgIpc) is 2.30. The topological polar surface area (TPSA) is 12.0 Å². The Morgan fingerprint density at radius 2 is 2.00 bits per heavy atom. The summed E-state index contributed by atoms with van der Waals surface area (Å²) in [6.45, 7) is 6.68. The fraction of sp³-hybridized carbons (Fsp3) is 0.538. The minimum atomic E-state index is 0.609. The third-order valence-electron chi connectivity index (χ3n) is 2.45. The minimum Gasteiger partial charge on any atom is -0.315 e. The first-order valence-electron chi connectivity index (χ1n) is 5.68. The Labute approximate surface area is 97.7 Å². The lowest BCUT2D eigenvalue weighted by atomic mass is 10.0. The van der Waals surface area contributed by atoms with E-state index >= 15 is 0 Å². The highest BCUT2D eigenvalue weighted by molar-refractivity contribution is 7.99. The highest BCUT2D eigenvalue weighted by atomic mass is 32.2. The number of benzene rings is 1. The van der Waals surface area contributed by atoms with E-state index in [4.69, 9.17) is 0 Å². The van der Waals surface area contributed by atoms with E-state index < -0.39 is 0 Å². The molecular formula is C13H21NS. The molecule has 1 aromatic carbocycles. The third-order valence-corrected chi connectivity index (χ3v) is 3.35. The Hall–Kier alpha value is -0.470. The first kappa shape index (κ1) is 12.6. The normalized spacial score (nSPS) is 12.7. The predicted molar refractivity (Wildman–Crippen MR) is 70.7 cm³/mol. The Morgan fingerprint density at radius 3 is 2.67 bits per heavy atom. The van der Waals surface area contributed by atoms with Crippen LogP contribution in [0.2, 0.25) is 0 Å². The lowest BCUT2D eigenvalue weighted by Crippen LogP contribution is -2.22. The molecule has 0 aliphatic rings. The van der Waals surface area contributed by atoms with Gasteiger partial charge < -0.3 is 5.32 Å². The molecule has 0 heterocycles. The Kier molecular flexibility index (Phi) is 6.53. The van der Waals surface area contributed by atoms with Crippen LogP contribution in [-0.2, 0) is 0 Å². The van der Waals surface area contributed by atoms with Gasteiger partial charge in [0.1, 0.15) is 0 Å². The van der Waals surface area contributed by atoms with Gasteiger partial charge in [0.15, 0.2) is 0 Å². The third kappa shape index (κ3) is 5.24. The number of thioether (sulfide) groups is 1. The smallest absolute Gasteiger partial charge is 0.00580 e. The van der Waals surface area contributed by atoms with E-state index in [1.807, 2.05) is 11.8 Å². The van der Waals surface area contributed by atoms with Crippen molar-refractivity contribution in [2.45, 2.75) is 19.8 Å². The zero-order valence-corrected chi connectivity index (χ0v) is 10.5. The highest BCUT2D eigenvalue weighted by Crippen LogP contribution is 2.12. The van der Waals surface area contributed by atoms with Crippen molar-refractivity contribution >= 4 is 11.8 Å². The molecule has 1 atom stereocenters. The van der Waals surface area contributed by atoms with E-state index in [-0.39, 0.29) is 0 Å². The number of nitrogens with one attached hydrogen (secondary N) is 1. The molecular weight excluding hydrogens is 202 g/mol. The van der Waals surface area contributed by atoms with E-state index in [1.54, 1.807) is 0 Å². The average molecular weight is 223 g/mol. The van der Waals surface area contributed by atoms with Gasteiger partial charge in [0.05, 0.1) is 0 Å². The number of rotatable bonds is 7. The van der Waals surface area contributed by atoms with E-state index in [2.05, 4.69) is 49.5 Å². The van der Waals surface area contributed by atoms with E-state index in [0.717, 1.165) is 13.1 Å². The summed E-state index contributed by atoms with van der Waals surface area (Å²) in [5.41, 5.74) is 1.42. The molecule has 0 aliphatic carbocycles. The Morgan fingerprint density at radius 1 is 1.27 bits per heavy atom. The quantitative estimate of drug-likeness (QED) is 0.713. The molecule has 0 amide bonds. The second-order valence-corrected chi connectivity index (χ2v) is 5.11. The molecule has 0 fully saturated rings. The molecule has 1 rings (SSSR count). The fourth-order valence-electron chi connectivity index (χ4n) is 1.51. The van der Waals surface area contributed by atoms with Crippen molar-refractivity contribution in [3.05, 3.63) is 35.9 Å². The van der Waals surface area contributed by atoms with Crippen LogP contribution in [0.4, 0.5) is 0 Å². The molecule has 1 aromatic rings. The molecule has 0 saturated heterocycles. The maximum absolute atomic E-state index is 3.50. The van der Waals surface area contributed by atoms with E-state index in [0.29, 0.717) is 5.92 Å². The summed E-state index contributed by atoms with van der Waals surface area (Å²) in [7, 11) is 0. The van der Waals surface area contributed by atoms with Gasteiger partial charge in [-0.25, -0.2) is 0 Å². The zero-order valence-electron chi connectivity index (χ0n) is 9.70. The van der Waals surface area contributed by atoms with Gasteiger partial charge in [-0.15, -0.1) is 0 Å². The SMILES string of the molecule is CCSCCNCC(C)c1ccccc1. The molecule has 0 aliphatic heterocycles. The van der Waals surface area contributed by atoms with Crippen LogP contribution >= 0.6 is 11.8 Å². The molecule has 1 N–H and O–H groups in total. The Bertz CT molecular complexity index is 248. The molecule has 2 heteroatoms. The standard InChI is InChI=1S/C13H21NS/c1-3-15-10-9-14-11-12(2)13-7-5-4-6-8-13/h4-8,12,14H,3,9-11H2,1-2H3. The van der Waals surface area contributed by atoms with Crippen LogP contribution in [0.3, 0.4) is 0 Å². The van der Waals surface area contributed by atoms with Gasteiger partial charge in [0.25, 0.3) is 0 Å². The van der Waals surface area contributed by atoms with Gasteiger partial charge in [-0.2, -0.15) is 11.8 Å². The maximum Gasteiger partial charge on any atom is 0.00580 e. The molecule has 84 valence electrons. The summed E-state index contributed by atoms with van der Waals surface area (Å²) < 4.78 is 0. The van der Waals surface area contributed by atoms with E-state index in [1.165, 1.54) is 17.1 Å². The fourth-order valence-corrected chi connectivity index (χ4v) is 2.08. The highest BCUT2D eigenvalue weighted by Gasteiger charge is 2.02. The van der Waals surface area contributed by atoms with Gasteiger partial charge in [-0.1, -0.05) is 44.2 Å². The zero-order chi connectivity index (χ0) is 10.9. The first-order valence-corrected chi connectivity index (χ1v) is 6.83. The summed E-state index contributed by atoms with van der Waals surface area (Å²) >= 11 is 1.99. The van der Waals surface area contributed by atoms with Crippen molar-refractivity contribution in [3.8, 4) is 0 Å². The van der Waals surface area contributed by atoms with Gasteiger partial charge in [0.2, 0.25) is 0 Å². The summed E-state index contributed by atoms with van der Waals surface area (Å²) in [6.07, 6.45) is 0. The maximum atomic E-state index is 3.50. The second kappa shape index (κ2) is 7.77. The lowest BCUT2D eigenvalue weighted by Gasteiger charge is -2.12. The van der Waals surface area contributed by atoms with Crippen LogP contribution in [-0.4, -0.2) is 24.6 Å². The Balaban J connectivity index is 2.16. The van der Waals surface area contributed by atoms with Crippen molar-refractivity contribution in [2.24, 2.45) is 0 Å². The molecule has 0 aromatic heterocycles. The number of hydrogen-bond donors (Lipinski definition) is 1. The van der Waals surface area contributed by atoms with Crippen molar-refractivity contribution in [1.82, 2.24) is 5.32 Å². The van der Waals surface area contributed by atoms with Crippen molar-refractivity contribution in [2.75, 3.05) is 24.6 Å². The van der Waals surface area contributed by atoms with Crippen LogP contribution in [0, 0.1) is 0 Å². The molecule has 0 radical (unpaired) electrons. The summed E-state index contributed by atoms with van der Waals surface area (Å²) in [6, 6.07) is 10.7.